The van der Waals surface area contributed by atoms with Gasteiger partial charge in [0, 0.05) is 0 Å². The lowest BCUT2D eigenvalue weighted by Crippen LogP contribution is -2.20. The number of ether oxygens (including phenoxy) is 1. The summed E-state index contributed by atoms with van der Waals surface area (Å²) in [6.45, 7) is 9.95. The van der Waals surface area contributed by atoms with E-state index in [0.717, 1.165) is 19.4 Å². The van der Waals surface area contributed by atoms with E-state index in [2.05, 4.69) is 25.8 Å². The summed E-state index contributed by atoms with van der Waals surface area (Å²) < 4.78 is 5.21. The first kappa shape index (κ1) is 45.4. The van der Waals surface area contributed by atoms with Crippen molar-refractivity contribution < 1.29 is 14.6 Å². The van der Waals surface area contributed by atoms with Crippen LogP contribution >= 0.6 is 0 Å². The van der Waals surface area contributed by atoms with Gasteiger partial charge in [-0.1, -0.05) is 201 Å². The molecule has 0 amide bonds. The highest BCUT2D eigenvalue weighted by atomic mass is 16.6. The highest BCUT2D eigenvalue weighted by Gasteiger charge is 2.20. The molecule has 1 saturated heterocycles. The van der Waals surface area contributed by atoms with Crippen molar-refractivity contribution in [3.8, 4) is 0 Å². The Kier molecular flexibility index (Phi) is 36.7. The molecule has 1 rings (SSSR count). The van der Waals surface area contributed by atoms with E-state index in [-0.39, 0.29) is 5.92 Å². The minimum atomic E-state index is -0.650. The summed E-state index contributed by atoms with van der Waals surface area (Å²) in [5.74, 6) is -0.824. The maximum atomic E-state index is 10.8. The van der Waals surface area contributed by atoms with E-state index in [0.29, 0.717) is 6.10 Å². The molecule has 0 saturated carbocycles. The van der Waals surface area contributed by atoms with Crippen LogP contribution in [-0.4, -0.2) is 48.8 Å². The fourth-order valence-corrected chi connectivity index (χ4v) is 6.45. The molecule has 0 aromatic carbocycles. The Morgan fingerprint density at radius 1 is 0.565 bits per heavy atom. The van der Waals surface area contributed by atoms with Crippen LogP contribution in [0, 0.1) is 5.92 Å². The number of carboxylic acids is 1. The fourth-order valence-electron chi connectivity index (χ4n) is 6.45. The Labute approximate surface area is 290 Å². The van der Waals surface area contributed by atoms with Crippen LogP contribution < -0.4 is 0 Å². The van der Waals surface area contributed by atoms with Crippen molar-refractivity contribution in [2.45, 2.75) is 232 Å². The molecule has 1 aliphatic heterocycles. The van der Waals surface area contributed by atoms with Gasteiger partial charge in [0.05, 0.1) is 18.6 Å². The number of carboxylic acid groups (broad SMARTS) is 1. The fraction of sp³-hybridized carbons (Fsp3) is 0.976. The zero-order chi connectivity index (χ0) is 33.8. The van der Waals surface area contributed by atoms with Crippen molar-refractivity contribution in [3.63, 3.8) is 0 Å². The minimum absolute atomic E-state index is 0.174. The number of nitrogens with zero attached hydrogens (tertiary/aromatic N) is 1. The van der Waals surface area contributed by atoms with Gasteiger partial charge < -0.3 is 14.7 Å². The van der Waals surface area contributed by atoms with E-state index in [1.165, 1.54) is 206 Å². The van der Waals surface area contributed by atoms with Crippen molar-refractivity contribution in [2.24, 2.45) is 5.92 Å². The molecule has 1 heterocycles. The van der Waals surface area contributed by atoms with Gasteiger partial charge in [0.15, 0.2) is 0 Å². The monoisotopic (exact) mass is 652 g/mol. The molecule has 1 aliphatic rings. The molecule has 0 aliphatic carbocycles. The van der Waals surface area contributed by atoms with E-state index in [1.54, 1.807) is 0 Å². The first-order valence-electron chi connectivity index (χ1n) is 21.0. The summed E-state index contributed by atoms with van der Waals surface area (Å²) in [6, 6.07) is 0. The molecule has 0 radical (unpaired) electrons. The molecule has 1 N–H and O–H groups in total. The van der Waals surface area contributed by atoms with E-state index >= 15 is 0 Å². The summed E-state index contributed by atoms with van der Waals surface area (Å²) in [5, 5.41) is 8.86. The van der Waals surface area contributed by atoms with Crippen molar-refractivity contribution >= 4 is 5.97 Å². The topological polar surface area (TPSA) is 53.1 Å². The quantitative estimate of drug-likeness (QED) is 0.0541. The summed E-state index contributed by atoms with van der Waals surface area (Å²) in [6.07, 6.45) is 44.6. The second-order valence-electron chi connectivity index (χ2n) is 15.0. The van der Waals surface area contributed by atoms with Crippen LogP contribution in [0.3, 0.4) is 0 Å². The molecule has 0 aromatic rings. The number of hydrogen-bond donors (Lipinski definition) is 1. The molecule has 0 bridgehead atoms. The van der Waals surface area contributed by atoms with Crippen molar-refractivity contribution in [2.75, 3.05) is 26.7 Å². The van der Waals surface area contributed by atoms with Crippen LogP contribution in [0.25, 0.3) is 0 Å². The van der Waals surface area contributed by atoms with Crippen LogP contribution in [0.5, 0.6) is 0 Å². The number of rotatable bonds is 36. The number of carbonyl (C=O) groups is 1. The summed E-state index contributed by atoms with van der Waals surface area (Å²) >= 11 is 0. The molecular weight excluding hydrogens is 566 g/mol. The third kappa shape index (κ3) is 37.8. The third-order valence-corrected chi connectivity index (χ3v) is 10.0. The Bertz CT molecular complexity index is 593. The molecule has 2 unspecified atom stereocenters. The molecular formula is C42H85NO3. The van der Waals surface area contributed by atoms with Gasteiger partial charge >= 0.3 is 5.97 Å². The maximum absolute atomic E-state index is 10.8. The van der Waals surface area contributed by atoms with Gasteiger partial charge in [0.1, 0.15) is 0 Å². The highest BCUT2D eigenvalue weighted by molar-refractivity contribution is 5.69. The second kappa shape index (κ2) is 37.2. The van der Waals surface area contributed by atoms with E-state index in [1.807, 2.05) is 6.92 Å². The van der Waals surface area contributed by atoms with Gasteiger partial charge in [-0.25, -0.2) is 0 Å². The summed E-state index contributed by atoms with van der Waals surface area (Å²) in [4.78, 5) is 13.3. The molecule has 4 nitrogen and oxygen atoms in total. The number of aliphatic carboxylic acids is 1. The Hall–Kier alpha value is -0.610. The highest BCUT2D eigenvalue weighted by Crippen LogP contribution is 2.19. The van der Waals surface area contributed by atoms with Crippen LogP contribution in [-0.2, 0) is 9.53 Å². The lowest BCUT2D eigenvalue weighted by atomic mass is 10.0. The third-order valence-electron chi connectivity index (χ3n) is 10.0. The van der Waals surface area contributed by atoms with Gasteiger partial charge in [0.2, 0.25) is 0 Å². The van der Waals surface area contributed by atoms with Crippen molar-refractivity contribution in [1.82, 2.24) is 4.90 Å². The van der Waals surface area contributed by atoms with E-state index in [9.17, 15) is 4.79 Å². The lowest BCUT2D eigenvalue weighted by Gasteiger charge is -2.16. The van der Waals surface area contributed by atoms with Gasteiger partial charge in [-0.2, -0.15) is 0 Å². The summed E-state index contributed by atoms with van der Waals surface area (Å²) in [5.41, 5.74) is 0. The molecule has 0 spiro atoms. The average molecular weight is 652 g/mol. The standard InChI is InChI=1S/C26H53NO2.C16H32O/c1-4-5-6-7-8-9-11-14-17-20-23-27(3)24-21-18-15-12-10-13-16-19-22-25(2)26(28)29;1-2-3-4-5-6-7-8-9-10-11-12-13-14-16-15-17-16/h25H,4-24H2,1-3H3,(H,28,29);16H,2-15H2,1H3. The number of unbranched alkanes of at least 4 members (excludes halogenated alkanes) is 27. The van der Waals surface area contributed by atoms with Crippen molar-refractivity contribution in [1.29, 1.82) is 0 Å². The van der Waals surface area contributed by atoms with Crippen LogP contribution in [0.2, 0.25) is 0 Å². The van der Waals surface area contributed by atoms with Crippen LogP contribution in [0.4, 0.5) is 0 Å². The largest absolute Gasteiger partial charge is 0.481 e. The minimum Gasteiger partial charge on any atom is -0.481 e. The summed E-state index contributed by atoms with van der Waals surface area (Å²) in [7, 11) is 2.28. The van der Waals surface area contributed by atoms with E-state index in [4.69, 9.17) is 9.84 Å². The average Bonchev–Trinajstić information content (AvgIpc) is 3.88. The van der Waals surface area contributed by atoms with Crippen LogP contribution in [0.15, 0.2) is 0 Å². The molecule has 276 valence electrons. The van der Waals surface area contributed by atoms with Gasteiger partial charge in [-0.05, 0) is 45.8 Å². The molecule has 0 aromatic heterocycles. The Morgan fingerprint density at radius 3 is 1.20 bits per heavy atom. The first-order chi connectivity index (χ1) is 22.5. The predicted molar refractivity (Wildman–Crippen MR) is 203 cm³/mol. The smallest absolute Gasteiger partial charge is 0.306 e. The molecule has 4 heteroatoms. The Morgan fingerprint density at radius 2 is 0.870 bits per heavy atom. The van der Waals surface area contributed by atoms with Gasteiger partial charge in [-0.3, -0.25) is 4.79 Å². The zero-order valence-corrected chi connectivity index (χ0v) is 32.1. The zero-order valence-electron chi connectivity index (χ0n) is 32.1. The number of hydrogen-bond acceptors (Lipinski definition) is 3. The maximum Gasteiger partial charge on any atom is 0.306 e. The lowest BCUT2D eigenvalue weighted by molar-refractivity contribution is -0.141. The van der Waals surface area contributed by atoms with Crippen LogP contribution in [0.1, 0.15) is 226 Å². The van der Waals surface area contributed by atoms with Gasteiger partial charge in [-0.15, -0.1) is 0 Å². The van der Waals surface area contributed by atoms with Gasteiger partial charge in [0.25, 0.3) is 0 Å². The molecule has 1 fully saturated rings. The van der Waals surface area contributed by atoms with E-state index < -0.39 is 5.97 Å². The molecule has 46 heavy (non-hydrogen) atoms. The first-order valence-corrected chi connectivity index (χ1v) is 21.0. The second-order valence-corrected chi connectivity index (χ2v) is 15.0. The predicted octanol–water partition coefficient (Wildman–Crippen LogP) is 13.5. The van der Waals surface area contributed by atoms with Crippen molar-refractivity contribution in [3.05, 3.63) is 0 Å². The normalized spacial score (nSPS) is 14.8. The number of epoxide rings is 1. The Balaban J connectivity index is 0.00000100. The SMILES string of the molecule is CCCCCCCCCCCCCCC1CO1.CCCCCCCCCCCCN(C)CCCCCCCCCCC(C)C(=O)O. The molecule has 2 atom stereocenters.